The van der Waals surface area contributed by atoms with Crippen molar-refractivity contribution < 1.29 is 4.39 Å². The molecule has 0 atom stereocenters. The van der Waals surface area contributed by atoms with Gasteiger partial charge in [-0.15, -0.1) is 0 Å². The Balaban J connectivity index is 2.05. The van der Waals surface area contributed by atoms with Crippen molar-refractivity contribution in [2.75, 3.05) is 6.26 Å². The number of rotatable bonds is 3. The number of hydrogen-bond donors (Lipinski definition) is 0. The second kappa shape index (κ2) is 6.25. The van der Waals surface area contributed by atoms with Crippen LogP contribution >= 0.6 is 11.8 Å². The summed E-state index contributed by atoms with van der Waals surface area (Å²) < 4.78 is 15.6. The Morgan fingerprint density at radius 3 is 2.68 bits per heavy atom. The summed E-state index contributed by atoms with van der Waals surface area (Å²) in [5.74, 6) is -0.339. The summed E-state index contributed by atoms with van der Waals surface area (Å²) in [6, 6.07) is 10.6. The number of pyridine rings is 2. The van der Waals surface area contributed by atoms with Crippen LogP contribution in [0.4, 0.5) is 4.39 Å². The Bertz CT molecular complexity index is 1080. The molecule has 7 heteroatoms. The number of thioether (sulfide) groups is 1. The zero-order chi connectivity index (χ0) is 17.4. The highest BCUT2D eigenvalue weighted by Crippen LogP contribution is 2.31. The maximum Gasteiger partial charge on any atom is 0.187 e. The standard InChI is InChI=1S/C18H14FN5S/c1-11-4-3-5-13(21-11)16-17(14-8-9-20-18(22-14)25-2)24-10-12(19)6-7-15(24)23-16/h3-10H,1-2H3. The van der Waals surface area contributed by atoms with E-state index in [-0.39, 0.29) is 5.82 Å². The van der Waals surface area contributed by atoms with Crippen LogP contribution in [0.5, 0.6) is 0 Å². The van der Waals surface area contributed by atoms with Crippen LogP contribution in [0.25, 0.3) is 28.4 Å². The first kappa shape index (κ1) is 15.7. The molecule has 0 aliphatic rings. The first-order valence-electron chi connectivity index (χ1n) is 7.65. The zero-order valence-corrected chi connectivity index (χ0v) is 14.5. The fourth-order valence-corrected chi connectivity index (χ4v) is 3.04. The minimum absolute atomic E-state index is 0.339. The van der Waals surface area contributed by atoms with Crippen molar-refractivity contribution in [1.82, 2.24) is 24.3 Å². The van der Waals surface area contributed by atoms with E-state index in [0.717, 1.165) is 11.4 Å². The van der Waals surface area contributed by atoms with Gasteiger partial charge in [-0.3, -0.25) is 9.38 Å². The van der Waals surface area contributed by atoms with E-state index in [1.54, 1.807) is 22.7 Å². The van der Waals surface area contributed by atoms with Crippen LogP contribution in [-0.4, -0.2) is 30.6 Å². The molecule has 0 N–H and O–H groups in total. The van der Waals surface area contributed by atoms with Gasteiger partial charge in [0.2, 0.25) is 0 Å². The molecule has 4 rings (SSSR count). The van der Waals surface area contributed by atoms with Crippen molar-refractivity contribution in [3.05, 3.63) is 60.3 Å². The summed E-state index contributed by atoms with van der Waals surface area (Å²) in [5.41, 5.74) is 4.29. The van der Waals surface area contributed by atoms with Gasteiger partial charge in [0.15, 0.2) is 5.16 Å². The molecular formula is C18H14FN5S. The summed E-state index contributed by atoms with van der Waals surface area (Å²) >= 11 is 1.45. The molecule has 4 heterocycles. The van der Waals surface area contributed by atoms with Crippen molar-refractivity contribution in [1.29, 1.82) is 0 Å². The molecule has 0 aromatic carbocycles. The molecule has 0 saturated carbocycles. The molecule has 25 heavy (non-hydrogen) atoms. The van der Waals surface area contributed by atoms with Crippen molar-refractivity contribution in [2.24, 2.45) is 0 Å². The van der Waals surface area contributed by atoms with E-state index in [1.165, 1.54) is 24.0 Å². The minimum atomic E-state index is -0.339. The number of aromatic nitrogens is 5. The van der Waals surface area contributed by atoms with E-state index in [9.17, 15) is 4.39 Å². The Morgan fingerprint density at radius 2 is 1.88 bits per heavy atom. The van der Waals surface area contributed by atoms with Gasteiger partial charge in [-0.05, 0) is 43.5 Å². The molecule has 5 nitrogen and oxygen atoms in total. The van der Waals surface area contributed by atoms with Gasteiger partial charge in [0.25, 0.3) is 0 Å². The van der Waals surface area contributed by atoms with Gasteiger partial charge in [-0.1, -0.05) is 17.8 Å². The Kier molecular flexibility index (Phi) is 3.93. The average molecular weight is 351 g/mol. The van der Waals surface area contributed by atoms with E-state index < -0.39 is 0 Å². The molecule has 0 saturated heterocycles. The molecule has 0 unspecified atom stereocenters. The second-order valence-corrected chi connectivity index (χ2v) is 6.25. The van der Waals surface area contributed by atoms with E-state index in [1.807, 2.05) is 31.4 Å². The fraction of sp³-hybridized carbons (Fsp3) is 0.111. The van der Waals surface area contributed by atoms with E-state index in [4.69, 9.17) is 0 Å². The highest BCUT2D eigenvalue weighted by molar-refractivity contribution is 7.98. The molecular weight excluding hydrogens is 337 g/mol. The van der Waals surface area contributed by atoms with Crippen LogP contribution in [-0.2, 0) is 0 Å². The molecule has 4 aromatic heterocycles. The maximum absolute atomic E-state index is 13.9. The van der Waals surface area contributed by atoms with Gasteiger partial charge in [-0.25, -0.2) is 19.3 Å². The van der Waals surface area contributed by atoms with Crippen LogP contribution in [0.15, 0.2) is 53.9 Å². The van der Waals surface area contributed by atoms with Crippen LogP contribution in [0, 0.1) is 12.7 Å². The molecule has 4 aromatic rings. The normalized spacial score (nSPS) is 11.2. The lowest BCUT2D eigenvalue weighted by molar-refractivity contribution is 0.619. The van der Waals surface area contributed by atoms with Crippen molar-refractivity contribution in [3.63, 3.8) is 0 Å². The number of nitrogens with zero attached hydrogens (tertiary/aromatic N) is 5. The van der Waals surface area contributed by atoms with Crippen LogP contribution in [0.2, 0.25) is 0 Å². The van der Waals surface area contributed by atoms with Gasteiger partial charge >= 0.3 is 0 Å². The largest absolute Gasteiger partial charge is 0.295 e. The molecule has 0 aliphatic carbocycles. The van der Waals surface area contributed by atoms with Crippen LogP contribution in [0.3, 0.4) is 0 Å². The van der Waals surface area contributed by atoms with E-state index in [0.29, 0.717) is 27.9 Å². The van der Waals surface area contributed by atoms with Crippen LogP contribution in [0.1, 0.15) is 5.69 Å². The molecule has 0 amide bonds. The van der Waals surface area contributed by atoms with Gasteiger partial charge in [-0.2, -0.15) is 0 Å². The summed E-state index contributed by atoms with van der Waals surface area (Å²) in [7, 11) is 0. The summed E-state index contributed by atoms with van der Waals surface area (Å²) in [6.45, 7) is 1.93. The van der Waals surface area contributed by atoms with E-state index in [2.05, 4.69) is 19.9 Å². The third kappa shape index (κ3) is 2.87. The highest BCUT2D eigenvalue weighted by Gasteiger charge is 2.19. The monoisotopic (exact) mass is 351 g/mol. The number of halogens is 1. The predicted molar refractivity (Wildman–Crippen MR) is 95.9 cm³/mol. The molecule has 0 radical (unpaired) electrons. The lowest BCUT2D eigenvalue weighted by Gasteiger charge is -2.06. The minimum Gasteiger partial charge on any atom is -0.295 e. The average Bonchev–Trinajstić information content (AvgIpc) is 3.00. The van der Waals surface area contributed by atoms with Gasteiger partial charge < -0.3 is 0 Å². The number of imidazole rings is 1. The topological polar surface area (TPSA) is 56.0 Å². The Labute approximate surface area is 148 Å². The second-order valence-electron chi connectivity index (χ2n) is 5.48. The predicted octanol–water partition coefficient (Wildman–Crippen LogP) is 4.02. The number of aryl methyl sites for hydroxylation is 1. The lowest BCUT2D eigenvalue weighted by Crippen LogP contribution is -1.96. The number of fused-ring (bicyclic) bond motifs is 1. The summed E-state index contributed by atoms with van der Waals surface area (Å²) in [6.07, 6.45) is 5.02. The quantitative estimate of drug-likeness (QED) is 0.412. The van der Waals surface area contributed by atoms with Crippen molar-refractivity contribution in [2.45, 2.75) is 12.1 Å². The molecule has 0 fully saturated rings. The maximum atomic E-state index is 13.9. The van der Waals surface area contributed by atoms with Gasteiger partial charge in [0.05, 0.1) is 11.4 Å². The zero-order valence-electron chi connectivity index (χ0n) is 13.6. The van der Waals surface area contributed by atoms with E-state index >= 15 is 0 Å². The first-order valence-corrected chi connectivity index (χ1v) is 8.87. The highest BCUT2D eigenvalue weighted by atomic mass is 32.2. The van der Waals surface area contributed by atoms with Gasteiger partial charge in [0.1, 0.15) is 22.9 Å². The molecule has 0 bridgehead atoms. The summed E-state index contributed by atoms with van der Waals surface area (Å²) in [5, 5.41) is 0.645. The molecule has 0 aliphatic heterocycles. The van der Waals surface area contributed by atoms with Crippen LogP contribution < -0.4 is 0 Å². The first-order chi connectivity index (χ1) is 12.2. The smallest absolute Gasteiger partial charge is 0.187 e. The SMILES string of the molecule is CSc1nccc(-c2c(-c3cccc(C)n3)nc3ccc(F)cn23)n1. The fourth-order valence-electron chi connectivity index (χ4n) is 2.69. The van der Waals surface area contributed by atoms with Crippen molar-refractivity contribution in [3.8, 4) is 22.8 Å². The Morgan fingerprint density at radius 1 is 1.00 bits per heavy atom. The van der Waals surface area contributed by atoms with Gasteiger partial charge in [0, 0.05) is 18.1 Å². The molecule has 0 spiro atoms. The number of hydrogen-bond acceptors (Lipinski definition) is 5. The third-order valence-electron chi connectivity index (χ3n) is 3.77. The lowest BCUT2D eigenvalue weighted by atomic mass is 10.1. The summed E-state index contributed by atoms with van der Waals surface area (Å²) in [4.78, 5) is 18.0. The third-order valence-corrected chi connectivity index (χ3v) is 4.33. The Hall–Kier alpha value is -2.80. The van der Waals surface area contributed by atoms with Crippen molar-refractivity contribution >= 4 is 17.4 Å². The molecule has 124 valence electrons.